The van der Waals surface area contributed by atoms with Crippen LogP contribution in [0.5, 0.6) is 0 Å². The second-order valence-corrected chi connectivity index (χ2v) is 4.21. The Labute approximate surface area is 106 Å². The van der Waals surface area contributed by atoms with Gasteiger partial charge in [0.05, 0.1) is 5.02 Å². The summed E-state index contributed by atoms with van der Waals surface area (Å²) in [7, 11) is 1.93. The standard InChI is InChI=1S/C13H14ClN3/c1-15-13(7-10-3-2-5-16-8-10)11-4-6-17-9-12(11)14/h2-6,8-9,13,15H,7H2,1H3. The fourth-order valence-corrected chi connectivity index (χ4v) is 2.04. The van der Waals surface area contributed by atoms with E-state index in [1.807, 2.05) is 25.4 Å². The van der Waals surface area contributed by atoms with Crippen LogP contribution in [-0.4, -0.2) is 17.0 Å². The molecule has 0 aliphatic rings. The first kappa shape index (κ1) is 12.0. The van der Waals surface area contributed by atoms with Crippen molar-refractivity contribution in [3.8, 4) is 0 Å². The number of pyridine rings is 2. The number of rotatable bonds is 4. The van der Waals surface area contributed by atoms with Gasteiger partial charge in [0, 0.05) is 30.8 Å². The summed E-state index contributed by atoms with van der Waals surface area (Å²) < 4.78 is 0. The van der Waals surface area contributed by atoms with E-state index in [0.717, 1.165) is 12.0 Å². The van der Waals surface area contributed by atoms with Crippen LogP contribution in [0.3, 0.4) is 0 Å². The van der Waals surface area contributed by atoms with E-state index in [9.17, 15) is 0 Å². The van der Waals surface area contributed by atoms with Crippen molar-refractivity contribution in [3.05, 3.63) is 59.1 Å². The van der Waals surface area contributed by atoms with E-state index in [0.29, 0.717) is 5.02 Å². The van der Waals surface area contributed by atoms with Crippen molar-refractivity contribution in [1.82, 2.24) is 15.3 Å². The zero-order valence-corrected chi connectivity index (χ0v) is 10.4. The lowest BCUT2D eigenvalue weighted by Gasteiger charge is -2.17. The zero-order valence-electron chi connectivity index (χ0n) is 9.60. The van der Waals surface area contributed by atoms with Crippen LogP contribution in [-0.2, 0) is 6.42 Å². The molecule has 0 aliphatic heterocycles. The summed E-state index contributed by atoms with van der Waals surface area (Å²) in [6, 6.07) is 6.12. The van der Waals surface area contributed by atoms with Gasteiger partial charge in [0.15, 0.2) is 0 Å². The number of halogens is 1. The molecule has 0 radical (unpaired) electrons. The summed E-state index contributed by atoms with van der Waals surface area (Å²) in [5.74, 6) is 0. The summed E-state index contributed by atoms with van der Waals surface area (Å²) in [6.07, 6.45) is 7.93. The Morgan fingerprint density at radius 2 is 2.06 bits per heavy atom. The van der Waals surface area contributed by atoms with Gasteiger partial charge in [-0.3, -0.25) is 9.97 Å². The average Bonchev–Trinajstić information content (AvgIpc) is 2.38. The number of likely N-dealkylation sites (N-methyl/N-ethyl adjacent to an activating group) is 1. The first-order valence-electron chi connectivity index (χ1n) is 5.47. The number of nitrogens with zero attached hydrogens (tertiary/aromatic N) is 2. The Bertz CT molecular complexity index is 473. The van der Waals surface area contributed by atoms with Gasteiger partial charge in [0.2, 0.25) is 0 Å². The van der Waals surface area contributed by atoms with Crippen LogP contribution < -0.4 is 5.32 Å². The van der Waals surface area contributed by atoms with E-state index in [1.54, 1.807) is 18.6 Å². The van der Waals surface area contributed by atoms with Crippen LogP contribution >= 0.6 is 11.6 Å². The van der Waals surface area contributed by atoms with Gasteiger partial charge in [0.1, 0.15) is 0 Å². The van der Waals surface area contributed by atoms with Crippen molar-refractivity contribution in [2.75, 3.05) is 7.05 Å². The zero-order chi connectivity index (χ0) is 12.1. The van der Waals surface area contributed by atoms with Gasteiger partial charge in [-0.25, -0.2) is 0 Å². The van der Waals surface area contributed by atoms with Gasteiger partial charge in [0.25, 0.3) is 0 Å². The quantitative estimate of drug-likeness (QED) is 0.903. The third-order valence-electron chi connectivity index (χ3n) is 2.69. The lowest BCUT2D eigenvalue weighted by atomic mass is 10.0. The summed E-state index contributed by atoms with van der Waals surface area (Å²) >= 11 is 6.15. The maximum absolute atomic E-state index is 6.15. The highest BCUT2D eigenvalue weighted by Gasteiger charge is 2.13. The minimum absolute atomic E-state index is 0.176. The van der Waals surface area contributed by atoms with E-state index in [-0.39, 0.29) is 6.04 Å². The molecule has 1 unspecified atom stereocenters. The van der Waals surface area contributed by atoms with Gasteiger partial charge in [-0.05, 0) is 36.7 Å². The molecule has 0 aromatic carbocycles. The van der Waals surface area contributed by atoms with Crippen molar-refractivity contribution in [3.63, 3.8) is 0 Å². The molecule has 0 aliphatic carbocycles. The molecule has 17 heavy (non-hydrogen) atoms. The second kappa shape index (κ2) is 5.75. The summed E-state index contributed by atoms with van der Waals surface area (Å²) in [6.45, 7) is 0. The number of hydrogen-bond donors (Lipinski definition) is 1. The molecule has 0 amide bonds. The van der Waals surface area contributed by atoms with E-state index in [4.69, 9.17) is 11.6 Å². The molecule has 3 nitrogen and oxygen atoms in total. The smallest absolute Gasteiger partial charge is 0.0637 e. The summed E-state index contributed by atoms with van der Waals surface area (Å²) in [4.78, 5) is 8.11. The van der Waals surface area contributed by atoms with Crippen LogP contribution in [0.4, 0.5) is 0 Å². The Balaban J connectivity index is 2.21. The fourth-order valence-electron chi connectivity index (χ4n) is 1.79. The van der Waals surface area contributed by atoms with Gasteiger partial charge in [-0.1, -0.05) is 17.7 Å². The maximum atomic E-state index is 6.15. The molecule has 2 aromatic heterocycles. The summed E-state index contributed by atoms with van der Waals surface area (Å²) in [5, 5.41) is 3.96. The van der Waals surface area contributed by atoms with Crippen molar-refractivity contribution >= 4 is 11.6 Å². The predicted molar refractivity (Wildman–Crippen MR) is 69.0 cm³/mol. The topological polar surface area (TPSA) is 37.8 Å². The predicted octanol–water partition coefficient (Wildman–Crippen LogP) is 2.63. The molecular weight excluding hydrogens is 234 g/mol. The Morgan fingerprint density at radius 1 is 1.24 bits per heavy atom. The number of nitrogens with one attached hydrogen (secondary N) is 1. The Kier molecular flexibility index (Phi) is 4.07. The van der Waals surface area contributed by atoms with Crippen molar-refractivity contribution in [2.45, 2.75) is 12.5 Å². The third-order valence-corrected chi connectivity index (χ3v) is 3.01. The van der Waals surface area contributed by atoms with Crippen molar-refractivity contribution < 1.29 is 0 Å². The van der Waals surface area contributed by atoms with Gasteiger partial charge in [-0.15, -0.1) is 0 Å². The molecule has 1 N–H and O–H groups in total. The largest absolute Gasteiger partial charge is 0.313 e. The molecule has 88 valence electrons. The highest BCUT2D eigenvalue weighted by Crippen LogP contribution is 2.24. The number of aromatic nitrogens is 2. The minimum Gasteiger partial charge on any atom is -0.313 e. The number of hydrogen-bond acceptors (Lipinski definition) is 3. The van der Waals surface area contributed by atoms with E-state index in [1.165, 1.54) is 5.56 Å². The molecule has 4 heteroatoms. The van der Waals surface area contributed by atoms with Gasteiger partial charge >= 0.3 is 0 Å². The molecule has 0 fully saturated rings. The lowest BCUT2D eigenvalue weighted by Crippen LogP contribution is -2.19. The lowest BCUT2D eigenvalue weighted by molar-refractivity contribution is 0.590. The van der Waals surface area contributed by atoms with Crippen LogP contribution in [0.2, 0.25) is 5.02 Å². The Hall–Kier alpha value is -1.45. The average molecular weight is 248 g/mol. The first-order valence-corrected chi connectivity index (χ1v) is 5.84. The van der Waals surface area contributed by atoms with Crippen molar-refractivity contribution in [2.24, 2.45) is 0 Å². The molecule has 0 bridgehead atoms. The molecule has 2 rings (SSSR count). The van der Waals surface area contributed by atoms with E-state index >= 15 is 0 Å². The molecular formula is C13H14ClN3. The minimum atomic E-state index is 0.176. The fraction of sp³-hybridized carbons (Fsp3) is 0.231. The third kappa shape index (κ3) is 3.02. The normalized spacial score (nSPS) is 12.4. The second-order valence-electron chi connectivity index (χ2n) is 3.80. The van der Waals surface area contributed by atoms with Crippen LogP contribution in [0.25, 0.3) is 0 Å². The highest BCUT2D eigenvalue weighted by molar-refractivity contribution is 6.31. The monoisotopic (exact) mass is 247 g/mol. The van der Waals surface area contributed by atoms with Gasteiger partial charge in [-0.2, -0.15) is 0 Å². The van der Waals surface area contributed by atoms with E-state index < -0.39 is 0 Å². The van der Waals surface area contributed by atoms with E-state index in [2.05, 4.69) is 21.4 Å². The maximum Gasteiger partial charge on any atom is 0.0637 e. The first-order chi connectivity index (χ1) is 8.31. The molecule has 0 saturated carbocycles. The molecule has 2 heterocycles. The van der Waals surface area contributed by atoms with Crippen molar-refractivity contribution in [1.29, 1.82) is 0 Å². The SMILES string of the molecule is CNC(Cc1cccnc1)c1ccncc1Cl. The van der Waals surface area contributed by atoms with Crippen LogP contribution in [0.1, 0.15) is 17.2 Å². The molecule has 0 saturated heterocycles. The molecule has 2 aromatic rings. The Morgan fingerprint density at radius 3 is 2.71 bits per heavy atom. The molecule has 0 spiro atoms. The molecule has 1 atom stereocenters. The van der Waals surface area contributed by atoms with Crippen LogP contribution in [0.15, 0.2) is 43.0 Å². The summed E-state index contributed by atoms with van der Waals surface area (Å²) in [5.41, 5.74) is 2.24. The van der Waals surface area contributed by atoms with Crippen LogP contribution in [0, 0.1) is 0 Å². The highest BCUT2D eigenvalue weighted by atomic mass is 35.5. The van der Waals surface area contributed by atoms with Gasteiger partial charge < -0.3 is 5.32 Å².